The Balaban J connectivity index is 1.84. The van der Waals surface area contributed by atoms with Crippen LogP contribution in [-0.2, 0) is 5.54 Å². The quantitative estimate of drug-likeness (QED) is 0.429. The molecule has 0 aliphatic carbocycles. The van der Waals surface area contributed by atoms with Gasteiger partial charge in [0.15, 0.2) is 5.54 Å². The van der Waals surface area contributed by atoms with E-state index in [1.165, 1.54) is 0 Å². The normalized spacial score (nSPS) is 15.8. The van der Waals surface area contributed by atoms with Gasteiger partial charge in [0, 0.05) is 5.56 Å². The molecule has 5 rings (SSSR count). The number of para-hydroxylation sites is 2. The highest BCUT2D eigenvalue weighted by molar-refractivity contribution is 6.17. The van der Waals surface area contributed by atoms with Crippen molar-refractivity contribution in [1.29, 1.82) is 0 Å². The van der Waals surface area contributed by atoms with Crippen LogP contribution >= 0.6 is 0 Å². The maximum absolute atomic E-state index is 5.27. The van der Waals surface area contributed by atoms with Crippen molar-refractivity contribution in [2.45, 2.75) is 5.54 Å². The summed E-state index contributed by atoms with van der Waals surface area (Å²) in [6, 6.07) is 39.3. The van der Waals surface area contributed by atoms with E-state index in [9.17, 15) is 0 Å². The molecule has 133 valence electrons. The Hall–Kier alpha value is -3.65. The van der Waals surface area contributed by atoms with Gasteiger partial charge in [-0.3, -0.25) is 5.32 Å². The van der Waals surface area contributed by atoms with Crippen LogP contribution in [-0.4, -0.2) is 5.71 Å². The zero-order valence-corrected chi connectivity index (χ0v) is 15.4. The fourth-order valence-corrected chi connectivity index (χ4v) is 3.90. The topological polar surface area (TPSA) is 26.5 Å². The van der Waals surface area contributed by atoms with Crippen molar-refractivity contribution in [3.8, 4) is 0 Å². The van der Waals surface area contributed by atoms with E-state index < -0.39 is 5.54 Å². The fourth-order valence-electron chi connectivity index (χ4n) is 3.90. The predicted octanol–water partition coefficient (Wildman–Crippen LogP) is 6.00. The molecule has 4 aromatic carbocycles. The minimum Gasteiger partial charge on any atom is -0.262 e. The van der Waals surface area contributed by atoms with Crippen LogP contribution < -0.4 is 5.32 Å². The van der Waals surface area contributed by atoms with Gasteiger partial charge in [-0.15, -0.1) is 0 Å². The summed E-state index contributed by atoms with van der Waals surface area (Å²) in [7, 11) is 0. The molecule has 0 fully saturated rings. The third-order valence-corrected chi connectivity index (χ3v) is 5.17. The SMILES string of the molecule is c1ccc(N=C2c3ccccc3[N]C2(c2ccccc2)c2ccccc2)cc1. The average Bonchev–Trinajstić information content (AvgIpc) is 3.11. The minimum atomic E-state index is -0.665. The van der Waals surface area contributed by atoms with E-state index in [1.54, 1.807) is 0 Å². The molecule has 0 spiro atoms. The third-order valence-electron chi connectivity index (χ3n) is 5.17. The minimum absolute atomic E-state index is 0.665. The smallest absolute Gasteiger partial charge is 0.154 e. The van der Waals surface area contributed by atoms with Crippen molar-refractivity contribution in [1.82, 2.24) is 5.32 Å². The summed E-state index contributed by atoms with van der Waals surface area (Å²) in [5.41, 5.74) is 5.53. The number of rotatable bonds is 3. The molecule has 0 amide bonds. The number of benzene rings is 4. The van der Waals surface area contributed by atoms with Gasteiger partial charge in [-0.05, 0) is 29.3 Å². The van der Waals surface area contributed by atoms with Crippen LogP contribution in [0.25, 0.3) is 0 Å². The summed E-state index contributed by atoms with van der Waals surface area (Å²) < 4.78 is 0. The molecule has 1 radical (unpaired) electrons. The van der Waals surface area contributed by atoms with Crippen molar-refractivity contribution < 1.29 is 0 Å². The van der Waals surface area contributed by atoms with E-state index in [1.807, 2.05) is 48.5 Å². The van der Waals surface area contributed by atoms with Gasteiger partial charge in [-0.25, -0.2) is 4.99 Å². The zero-order chi connectivity index (χ0) is 18.8. The Morgan fingerprint density at radius 2 is 1.04 bits per heavy atom. The molecule has 0 saturated carbocycles. The highest BCUT2D eigenvalue weighted by Gasteiger charge is 2.47. The van der Waals surface area contributed by atoms with Crippen molar-refractivity contribution in [3.05, 3.63) is 132 Å². The molecule has 28 heavy (non-hydrogen) atoms. The van der Waals surface area contributed by atoms with E-state index >= 15 is 0 Å². The second kappa shape index (κ2) is 6.82. The lowest BCUT2D eigenvalue weighted by atomic mass is 9.79. The summed E-state index contributed by atoms with van der Waals surface area (Å²) in [6.45, 7) is 0. The summed E-state index contributed by atoms with van der Waals surface area (Å²) in [5.74, 6) is 0. The Bertz CT molecular complexity index is 1080. The number of hydrogen-bond acceptors (Lipinski definition) is 1. The van der Waals surface area contributed by atoms with Gasteiger partial charge in [0.2, 0.25) is 0 Å². The van der Waals surface area contributed by atoms with Crippen LogP contribution in [0.15, 0.2) is 120 Å². The Labute approximate surface area is 165 Å². The first-order valence-corrected chi connectivity index (χ1v) is 9.45. The molecule has 2 heteroatoms. The molecule has 0 bridgehead atoms. The van der Waals surface area contributed by atoms with Gasteiger partial charge in [0.05, 0.1) is 17.1 Å². The van der Waals surface area contributed by atoms with Crippen molar-refractivity contribution in [2.75, 3.05) is 0 Å². The van der Waals surface area contributed by atoms with Gasteiger partial charge in [0.1, 0.15) is 0 Å². The van der Waals surface area contributed by atoms with Gasteiger partial charge < -0.3 is 0 Å². The molecule has 2 nitrogen and oxygen atoms in total. The fraction of sp³-hybridized carbons (Fsp3) is 0.0385. The van der Waals surface area contributed by atoms with Crippen LogP contribution in [0.4, 0.5) is 11.4 Å². The molecule has 1 aliphatic heterocycles. The van der Waals surface area contributed by atoms with Crippen LogP contribution in [0.3, 0.4) is 0 Å². The maximum atomic E-state index is 5.27. The number of nitrogens with zero attached hydrogens (tertiary/aromatic N) is 2. The highest BCUT2D eigenvalue weighted by atomic mass is 15.1. The first-order valence-electron chi connectivity index (χ1n) is 9.45. The molecule has 0 aromatic heterocycles. The zero-order valence-electron chi connectivity index (χ0n) is 15.4. The second-order valence-corrected chi connectivity index (χ2v) is 6.87. The van der Waals surface area contributed by atoms with Crippen molar-refractivity contribution in [2.24, 2.45) is 4.99 Å². The van der Waals surface area contributed by atoms with Gasteiger partial charge >= 0.3 is 0 Å². The number of hydrogen-bond donors (Lipinski definition) is 0. The van der Waals surface area contributed by atoms with E-state index in [0.29, 0.717) is 0 Å². The molecular weight excluding hydrogens is 340 g/mol. The molecule has 4 aromatic rings. The number of fused-ring (bicyclic) bond motifs is 1. The first-order chi connectivity index (χ1) is 13.9. The lowest BCUT2D eigenvalue weighted by Crippen LogP contribution is -2.39. The van der Waals surface area contributed by atoms with Crippen molar-refractivity contribution in [3.63, 3.8) is 0 Å². The number of aliphatic imine (C=N–C) groups is 1. The van der Waals surface area contributed by atoms with E-state index in [4.69, 9.17) is 10.3 Å². The Morgan fingerprint density at radius 1 is 0.536 bits per heavy atom. The van der Waals surface area contributed by atoms with Crippen LogP contribution in [0.1, 0.15) is 16.7 Å². The van der Waals surface area contributed by atoms with Gasteiger partial charge in [-0.1, -0.05) is 97.1 Å². The molecule has 1 aliphatic rings. The Morgan fingerprint density at radius 3 is 1.64 bits per heavy atom. The van der Waals surface area contributed by atoms with E-state index in [2.05, 4.69) is 66.7 Å². The summed E-state index contributed by atoms with van der Waals surface area (Å²) in [5, 5.41) is 5.27. The molecule has 0 unspecified atom stereocenters. The first kappa shape index (κ1) is 16.5. The predicted molar refractivity (Wildman–Crippen MR) is 115 cm³/mol. The van der Waals surface area contributed by atoms with Crippen LogP contribution in [0.5, 0.6) is 0 Å². The lowest BCUT2D eigenvalue weighted by Gasteiger charge is -2.30. The molecule has 0 atom stereocenters. The summed E-state index contributed by atoms with van der Waals surface area (Å²) in [6.07, 6.45) is 0. The van der Waals surface area contributed by atoms with Crippen molar-refractivity contribution >= 4 is 17.1 Å². The van der Waals surface area contributed by atoms with Gasteiger partial charge in [-0.2, -0.15) is 0 Å². The third kappa shape index (κ3) is 2.62. The molecule has 1 heterocycles. The van der Waals surface area contributed by atoms with Crippen LogP contribution in [0, 0.1) is 0 Å². The maximum Gasteiger partial charge on any atom is 0.154 e. The highest BCUT2D eigenvalue weighted by Crippen LogP contribution is 2.45. The van der Waals surface area contributed by atoms with Gasteiger partial charge in [0.25, 0.3) is 0 Å². The van der Waals surface area contributed by atoms with E-state index in [0.717, 1.165) is 33.8 Å². The average molecular weight is 359 g/mol. The monoisotopic (exact) mass is 359 g/mol. The molecular formula is C26H19N2. The van der Waals surface area contributed by atoms with E-state index in [-0.39, 0.29) is 0 Å². The standard InChI is InChI=1S/C26H19N2/c1-4-12-20(13-5-1)26(21-14-6-2-7-15-21)25(27-22-16-8-3-9-17-22)23-18-10-11-19-24(23)28-26/h1-19H. The molecule has 0 saturated heterocycles. The summed E-state index contributed by atoms with van der Waals surface area (Å²) in [4.78, 5) is 5.13. The Kier molecular flexibility index (Phi) is 4.02. The summed E-state index contributed by atoms with van der Waals surface area (Å²) >= 11 is 0. The lowest BCUT2D eigenvalue weighted by molar-refractivity contribution is 0.630. The van der Waals surface area contributed by atoms with Crippen LogP contribution in [0.2, 0.25) is 0 Å². The second-order valence-electron chi connectivity index (χ2n) is 6.87. The largest absolute Gasteiger partial charge is 0.262 e. The molecule has 0 N–H and O–H groups in total.